The molecule has 0 aliphatic carbocycles. The molecule has 0 bridgehead atoms. The molecule has 1 N–H and O–H groups in total. The van der Waals surface area contributed by atoms with Crippen LogP contribution < -0.4 is 4.72 Å². The Morgan fingerprint density at radius 2 is 1.83 bits per heavy atom. The molecule has 0 aliphatic rings. The van der Waals surface area contributed by atoms with Crippen LogP contribution in [-0.2, 0) is 21.2 Å². The molecule has 0 amide bonds. The molecule has 0 heterocycles. The zero-order valence-corrected chi connectivity index (χ0v) is 14.9. The van der Waals surface area contributed by atoms with Gasteiger partial charge in [-0.15, -0.1) is 0 Å². The van der Waals surface area contributed by atoms with Gasteiger partial charge in [0, 0.05) is 0 Å². The molecule has 0 fully saturated rings. The van der Waals surface area contributed by atoms with Crippen molar-refractivity contribution in [1.29, 1.82) is 0 Å². The summed E-state index contributed by atoms with van der Waals surface area (Å²) in [6, 6.07) is 10.9. The van der Waals surface area contributed by atoms with E-state index in [0.717, 1.165) is 18.4 Å². The number of nitrogens with one attached hydrogen (secondary N) is 1. The van der Waals surface area contributed by atoms with Gasteiger partial charge >= 0.3 is 5.97 Å². The fourth-order valence-corrected chi connectivity index (χ4v) is 3.53. The lowest BCUT2D eigenvalue weighted by molar-refractivity contribution is 0.0601. The van der Waals surface area contributed by atoms with Crippen molar-refractivity contribution in [2.45, 2.75) is 24.7 Å². The Bertz CT molecular complexity index is 832. The highest BCUT2D eigenvalue weighted by Gasteiger charge is 2.17. The number of hydrogen-bond donors (Lipinski definition) is 1. The van der Waals surface area contributed by atoms with Gasteiger partial charge in [0.05, 0.1) is 28.3 Å². The number of sulfonamides is 1. The maximum absolute atomic E-state index is 12.4. The van der Waals surface area contributed by atoms with Crippen LogP contribution in [0.3, 0.4) is 0 Å². The van der Waals surface area contributed by atoms with Crippen molar-refractivity contribution < 1.29 is 17.9 Å². The van der Waals surface area contributed by atoms with E-state index in [2.05, 4.69) is 16.4 Å². The molecule has 2 aromatic rings. The van der Waals surface area contributed by atoms with Gasteiger partial charge in [-0.3, -0.25) is 4.72 Å². The Labute approximate surface area is 146 Å². The van der Waals surface area contributed by atoms with E-state index in [1.54, 1.807) is 24.3 Å². The lowest BCUT2D eigenvalue weighted by atomic mass is 10.1. The smallest absolute Gasteiger partial charge is 0.337 e. The highest BCUT2D eigenvalue weighted by Crippen LogP contribution is 2.26. The van der Waals surface area contributed by atoms with Crippen molar-refractivity contribution in [3.63, 3.8) is 0 Å². The van der Waals surface area contributed by atoms with Gasteiger partial charge in [-0.1, -0.05) is 37.1 Å². The Balaban J connectivity index is 2.24. The number of benzene rings is 2. The first kappa shape index (κ1) is 18.3. The predicted molar refractivity (Wildman–Crippen MR) is 94.0 cm³/mol. The molecule has 24 heavy (non-hydrogen) atoms. The van der Waals surface area contributed by atoms with Crippen molar-refractivity contribution in [1.82, 2.24) is 0 Å². The molecule has 5 nitrogen and oxygen atoms in total. The maximum Gasteiger partial charge on any atom is 0.337 e. The summed E-state index contributed by atoms with van der Waals surface area (Å²) >= 11 is 6.06. The molecule has 0 unspecified atom stereocenters. The lowest BCUT2D eigenvalue weighted by Gasteiger charge is -2.11. The normalized spacial score (nSPS) is 11.1. The Kier molecular flexibility index (Phi) is 5.85. The number of ether oxygens (including phenoxy) is 1. The van der Waals surface area contributed by atoms with E-state index >= 15 is 0 Å². The van der Waals surface area contributed by atoms with Gasteiger partial charge in [-0.25, -0.2) is 13.2 Å². The average Bonchev–Trinajstić information content (AvgIpc) is 2.56. The summed E-state index contributed by atoms with van der Waals surface area (Å²) in [6.07, 6.45) is 1.89. The monoisotopic (exact) mass is 367 g/mol. The molecule has 0 aliphatic heterocycles. The molecule has 2 rings (SSSR count). The van der Waals surface area contributed by atoms with E-state index in [0.29, 0.717) is 0 Å². The summed E-state index contributed by atoms with van der Waals surface area (Å²) < 4.78 is 31.9. The van der Waals surface area contributed by atoms with Crippen LogP contribution >= 0.6 is 11.6 Å². The first-order valence-corrected chi connectivity index (χ1v) is 9.23. The molecule has 0 atom stereocenters. The van der Waals surface area contributed by atoms with Gasteiger partial charge in [0.25, 0.3) is 10.0 Å². The standard InChI is InChI=1S/C17H18ClNO4S/c1-3-4-12-5-8-14(9-6-12)24(21,22)19-16-10-7-13(11-15(16)18)17(20)23-2/h5-11,19H,3-4H2,1-2H3. The van der Waals surface area contributed by atoms with Crippen molar-refractivity contribution in [3.8, 4) is 0 Å². The fraction of sp³-hybridized carbons (Fsp3) is 0.235. The van der Waals surface area contributed by atoms with E-state index in [1.165, 1.54) is 25.3 Å². The summed E-state index contributed by atoms with van der Waals surface area (Å²) in [7, 11) is -2.50. The largest absolute Gasteiger partial charge is 0.465 e. The number of esters is 1. The number of carbonyl (C=O) groups excluding carboxylic acids is 1. The van der Waals surface area contributed by atoms with Gasteiger partial charge in [-0.2, -0.15) is 0 Å². The molecule has 0 radical (unpaired) electrons. The Morgan fingerprint density at radius 3 is 2.38 bits per heavy atom. The number of anilines is 1. The van der Waals surface area contributed by atoms with E-state index in [-0.39, 0.29) is 21.2 Å². The van der Waals surface area contributed by atoms with Crippen molar-refractivity contribution >= 4 is 33.3 Å². The highest BCUT2D eigenvalue weighted by atomic mass is 35.5. The number of hydrogen-bond acceptors (Lipinski definition) is 4. The minimum Gasteiger partial charge on any atom is -0.465 e. The summed E-state index contributed by atoms with van der Waals surface area (Å²) in [6.45, 7) is 2.06. The number of halogens is 1. The lowest BCUT2D eigenvalue weighted by Crippen LogP contribution is -2.13. The molecule has 0 saturated carbocycles. The van der Waals surface area contributed by atoms with Crippen LogP contribution in [-0.4, -0.2) is 21.5 Å². The van der Waals surface area contributed by atoms with Crippen LogP contribution in [0, 0.1) is 0 Å². The van der Waals surface area contributed by atoms with E-state index in [9.17, 15) is 13.2 Å². The third-order valence-electron chi connectivity index (χ3n) is 3.41. The summed E-state index contributed by atoms with van der Waals surface area (Å²) in [5.41, 5.74) is 1.52. The average molecular weight is 368 g/mol. The van der Waals surface area contributed by atoms with Gasteiger partial charge < -0.3 is 4.74 Å². The van der Waals surface area contributed by atoms with Crippen LogP contribution in [0.1, 0.15) is 29.3 Å². The first-order valence-electron chi connectivity index (χ1n) is 7.37. The van der Waals surface area contributed by atoms with Crippen LogP contribution in [0.2, 0.25) is 5.02 Å². The molecule has 7 heteroatoms. The highest BCUT2D eigenvalue weighted by molar-refractivity contribution is 7.92. The third-order valence-corrected chi connectivity index (χ3v) is 5.10. The molecular weight excluding hydrogens is 350 g/mol. The summed E-state index contributed by atoms with van der Waals surface area (Å²) in [4.78, 5) is 11.6. The van der Waals surface area contributed by atoms with Crippen LogP contribution in [0.4, 0.5) is 5.69 Å². The summed E-state index contributed by atoms with van der Waals surface area (Å²) in [5, 5.41) is 0.115. The fourth-order valence-electron chi connectivity index (χ4n) is 2.17. The SMILES string of the molecule is CCCc1ccc(S(=O)(=O)Nc2ccc(C(=O)OC)cc2Cl)cc1. The topological polar surface area (TPSA) is 72.5 Å². The van der Waals surface area contributed by atoms with Crippen molar-refractivity contribution in [3.05, 3.63) is 58.6 Å². The van der Waals surface area contributed by atoms with Gasteiger partial charge in [0.15, 0.2) is 0 Å². The van der Waals surface area contributed by atoms with Gasteiger partial charge in [-0.05, 0) is 42.3 Å². The van der Waals surface area contributed by atoms with Crippen molar-refractivity contribution in [2.24, 2.45) is 0 Å². The van der Waals surface area contributed by atoms with Gasteiger partial charge in [0.2, 0.25) is 0 Å². The maximum atomic E-state index is 12.4. The predicted octanol–water partition coefficient (Wildman–Crippen LogP) is 3.88. The molecule has 0 aromatic heterocycles. The Morgan fingerprint density at radius 1 is 1.17 bits per heavy atom. The minimum atomic E-state index is -3.76. The molecule has 128 valence electrons. The zero-order chi connectivity index (χ0) is 17.7. The molecular formula is C17H18ClNO4S. The van der Waals surface area contributed by atoms with Crippen molar-refractivity contribution in [2.75, 3.05) is 11.8 Å². The van der Waals surface area contributed by atoms with E-state index < -0.39 is 16.0 Å². The first-order chi connectivity index (χ1) is 11.4. The van der Waals surface area contributed by atoms with Crippen LogP contribution in [0.5, 0.6) is 0 Å². The van der Waals surface area contributed by atoms with Crippen LogP contribution in [0.15, 0.2) is 47.4 Å². The van der Waals surface area contributed by atoms with E-state index in [1.807, 2.05) is 0 Å². The van der Waals surface area contributed by atoms with Crippen LogP contribution in [0.25, 0.3) is 0 Å². The second-order valence-electron chi connectivity index (χ2n) is 5.19. The molecule has 0 saturated heterocycles. The van der Waals surface area contributed by atoms with Gasteiger partial charge in [0.1, 0.15) is 0 Å². The summed E-state index contributed by atoms with van der Waals surface area (Å²) in [5.74, 6) is -0.544. The quantitative estimate of drug-likeness (QED) is 0.786. The molecule has 2 aromatic carbocycles. The van der Waals surface area contributed by atoms with E-state index in [4.69, 9.17) is 11.6 Å². The Hall–Kier alpha value is -2.05. The third kappa shape index (κ3) is 4.27. The second kappa shape index (κ2) is 7.68. The number of aryl methyl sites for hydroxylation is 1. The number of methoxy groups -OCH3 is 1. The minimum absolute atomic E-state index is 0.115. The zero-order valence-electron chi connectivity index (χ0n) is 13.4. The number of carbonyl (C=O) groups is 1. The molecule has 0 spiro atoms. The number of rotatable bonds is 6. The second-order valence-corrected chi connectivity index (χ2v) is 7.28.